The molecule has 5 nitrogen and oxygen atoms in total. The van der Waals surface area contributed by atoms with Crippen molar-refractivity contribution >= 4 is 5.69 Å². The molecule has 0 radical (unpaired) electrons. The Balaban J connectivity index is 2.47. The van der Waals surface area contributed by atoms with E-state index in [1.807, 2.05) is 39.0 Å². The Bertz CT molecular complexity index is 554. The Labute approximate surface area is 112 Å². The van der Waals surface area contributed by atoms with Crippen LogP contribution < -0.4 is 5.73 Å². The van der Waals surface area contributed by atoms with Gasteiger partial charge < -0.3 is 15.0 Å². The molecule has 1 aromatic heterocycles. The molecule has 0 spiro atoms. The average Bonchev–Trinajstić information content (AvgIpc) is 2.87. The lowest BCUT2D eigenvalue weighted by Crippen LogP contribution is -2.24. The third-order valence-corrected chi connectivity index (χ3v) is 3.54. The zero-order chi connectivity index (χ0) is 14.0. The van der Waals surface area contributed by atoms with Gasteiger partial charge in [-0.05, 0) is 31.9 Å². The number of hydrogen-bond donors (Lipinski definition) is 1. The lowest BCUT2D eigenvalue weighted by molar-refractivity contribution is -0.0106. The highest BCUT2D eigenvalue weighted by molar-refractivity contribution is 5.73. The second-order valence-corrected chi connectivity index (χ2v) is 4.75. The van der Waals surface area contributed by atoms with E-state index in [2.05, 4.69) is 10.1 Å². The van der Waals surface area contributed by atoms with E-state index in [1.54, 1.807) is 7.11 Å². The second kappa shape index (κ2) is 5.01. The van der Waals surface area contributed by atoms with Gasteiger partial charge in [0.05, 0.1) is 5.56 Å². The predicted molar refractivity (Wildman–Crippen MR) is 73.5 cm³/mol. The summed E-state index contributed by atoms with van der Waals surface area (Å²) in [6, 6.07) is 5.68. The number of nitrogens with zero attached hydrogens (tertiary/aromatic N) is 2. The molecular formula is C14H19N3O2. The van der Waals surface area contributed by atoms with E-state index < -0.39 is 5.60 Å². The van der Waals surface area contributed by atoms with Crippen LogP contribution in [0.15, 0.2) is 22.7 Å². The van der Waals surface area contributed by atoms with Crippen molar-refractivity contribution in [2.45, 2.75) is 32.8 Å². The van der Waals surface area contributed by atoms with Gasteiger partial charge in [-0.1, -0.05) is 24.2 Å². The van der Waals surface area contributed by atoms with Crippen molar-refractivity contribution in [1.29, 1.82) is 0 Å². The normalized spacial score (nSPS) is 14.3. The van der Waals surface area contributed by atoms with E-state index in [4.69, 9.17) is 15.0 Å². The summed E-state index contributed by atoms with van der Waals surface area (Å²) in [5.74, 6) is 0.970. The highest BCUT2D eigenvalue weighted by Gasteiger charge is 2.30. The van der Waals surface area contributed by atoms with Crippen molar-refractivity contribution in [1.82, 2.24) is 10.1 Å². The van der Waals surface area contributed by atoms with E-state index in [1.165, 1.54) is 0 Å². The van der Waals surface area contributed by atoms with Crippen LogP contribution in [0.5, 0.6) is 0 Å². The minimum absolute atomic E-state index is 0.433. The number of methoxy groups -OCH3 is 1. The third-order valence-electron chi connectivity index (χ3n) is 3.54. The molecule has 0 saturated heterocycles. The van der Waals surface area contributed by atoms with Crippen molar-refractivity contribution in [2.75, 3.05) is 12.8 Å². The number of ether oxygens (including phenoxy) is 1. The summed E-state index contributed by atoms with van der Waals surface area (Å²) in [6.07, 6.45) is 0.756. The van der Waals surface area contributed by atoms with Crippen LogP contribution in [0.4, 0.5) is 5.69 Å². The smallest absolute Gasteiger partial charge is 0.260 e. The predicted octanol–water partition coefficient (Wildman–Crippen LogP) is 2.90. The van der Waals surface area contributed by atoms with E-state index in [-0.39, 0.29) is 0 Å². The summed E-state index contributed by atoms with van der Waals surface area (Å²) >= 11 is 0. The first-order valence-electron chi connectivity index (χ1n) is 6.26. The lowest BCUT2D eigenvalue weighted by Gasteiger charge is -2.21. The van der Waals surface area contributed by atoms with Crippen LogP contribution in [0.25, 0.3) is 11.5 Å². The Kier molecular flexibility index (Phi) is 3.57. The number of benzene rings is 1. The van der Waals surface area contributed by atoms with Gasteiger partial charge in [-0.2, -0.15) is 4.98 Å². The standard InChI is InChI=1S/C14H19N3O2/c1-5-14(3,18-4)13-16-12(19-17-13)11-9(2)7-6-8-10(11)15/h6-8H,5,15H2,1-4H3. The highest BCUT2D eigenvalue weighted by atomic mass is 16.5. The van der Waals surface area contributed by atoms with Gasteiger partial charge in [-0.25, -0.2) is 0 Å². The van der Waals surface area contributed by atoms with E-state index in [0.717, 1.165) is 17.5 Å². The van der Waals surface area contributed by atoms with Gasteiger partial charge in [0.15, 0.2) is 0 Å². The molecular weight excluding hydrogens is 242 g/mol. The molecule has 0 aliphatic heterocycles. The molecule has 1 unspecified atom stereocenters. The minimum atomic E-state index is -0.542. The van der Waals surface area contributed by atoms with Crippen LogP contribution in [-0.2, 0) is 10.3 Å². The maximum absolute atomic E-state index is 5.98. The van der Waals surface area contributed by atoms with Gasteiger partial charge in [0.1, 0.15) is 5.60 Å². The SMILES string of the molecule is CCC(C)(OC)c1noc(-c2c(C)cccc2N)n1. The number of nitrogen functional groups attached to an aromatic ring is 1. The van der Waals surface area contributed by atoms with Crippen LogP contribution in [0.2, 0.25) is 0 Å². The fourth-order valence-electron chi connectivity index (χ4n) is 1.92. The summed E-state index contributed by atoms with van der Waals surface area (Å²) < 4.78 is 10.8. The molecule has 0 aliphatic carbocycles. The van der Waals surface area contributed by atoms with E-state index in [0.29, 0.717) is 17.4 Å². The van der Waals surface area contributed by atoms with Crippen LogP contribution in [0, 0.1) is 6.92 Å². The van der Waals surface area contributed by atoms with Gasteiger partial charge in [-0.15, -0.1) is 0 Å². The summed E-state index contributed by atoms with van der Waals surface area (Å²) in [7, 11) is 1.64. The maximum atomic E-state index is 5.98. The van der Waals surface area contributed by atoms with Crippen LogP contribution >= 0.6 is 0 Å². The summed E-state index contributed by atoms with van der Waals surface area (Å²) in [5.41, 5.74) is 7.86. The summed E-state index contributed by atoms with van der Waals surface area (Å²) in [4.78, 5) is 4.43. The minimum Gasteiger partial charge on any atom is -0.398 e. The lowest BCUT2D eigenvalue weighted by atomic mass is 10.0. The zero-order valence-corrected chi connectivity index (χ0v) is 11.7. The molecule has 0 saturated carbocycles. The molecule has 102 valence electrons. The first-order valence-corrected chi connectivity index (χ1v) is 6.26. The Morgan fingerprint density at radius 2 is 2.16 bits per heavy atom. The van der Waals surface area contributed by atoms with Gasteiger partial charge in [0, 0.05) is 12.8 Å². The van der Waals surface area contributed by atoms with Crippen molar-refractivity contribution in [3.63, 3.8) is 0 Å². The summed E-state index contributed by atoms with van der Waals surface area (Å²) in [5, 5.41) is 4.02. The molecule has 0 amide bonds. The molecule has 0 bridgehead atoms. The first-order chi connectivity index (χ1) is 9.01. The Hall–Kier alpha value is -1.88. The zero-order valence-electron chi connectivity index (χ0n) is 11.7. The van der Waals surface area contributed by atoms with Gasteiger partial charge >= 0.3 is 0 Å². The van der Waals surface area contributed by atoms with Gasteiger partial charge in [0.25, 0.3) is 5.89 Å². The number of anilines is 1. The fraction of sp³-hybridized carbons (Fsp3) is 0.429. The van der Waals surface area contributed by atoms with Crippen molar-refractivity contribution < 1.29 is 9.26 Å². The van der Waals surface area contributed by atoms with E-state index in [9.17, 15) is 0 Å². The molecule has 1 heterocycles. The molecule has 1 aromatic carbocycles. The molecule has 2 aromatic rings. The monoisotopic (exact) mass is 261 g/mol. The van der Waals surface area contributed by atoms with Crippen molar-refractivity contribution in [3.05, 3.63) is 29.6 Å². The molecule has 19 heavy (non-hydrogen) atoms. The summed E-state index contributed by atoms with van der Waals surface area (Å²) in [6.45, 7) is 5.91. The maximum Gasteiger partial charge on any atom is 0.260 e. The van der Waals surface area contributed by atoms with Crippen LogP contribution in [-0.4, -0.2) is 17.3 Å². The molecule has 2 rings (SSSR count). The molecule has 0 aliphatic rings. The molecule has 0 fully saturated rings. The number of aromatic nitrogens is 2. The number of hydrogen-bond acceptors (Lipinski definition) is 5. The number of rotatable bonds is 4. The van der Waals surface area contributed by atoms with Crippen LogP contribution in [0.3, 0.4) is 0 Å². The number of aryl methyl sites for hydroxylation is 1. The average molecular weight is 261 g/mol. The molecule has 1 atom stereocenters. The van der Waals surface area contributed by atoms with Gasteiger partial charge in [-0.3, -0.25) is 0 Å². The number of nitrogens with two attached hydrogens (primary N) is 1. The third kappa shape index (κ3) is 2.33. The van der Waals surface area contributed by atoms with Crippen molar-refractivity contribution in [2.24, 2.45) is 0 Å². The Morgan fingerprint density at radius 3 is 2.74 bits per heavy atom. The van der Waals surface area contributed by atoms with Crippen LogP contribution in [0.1, 0.15) is 31.7 Å². The quantitative estimate of drug-likeness (QED) is 0.856. The molecule has 5 heteroatoms. The highest BCUT2D eigenvalue weighted by Crippen LogP contribution is 2.31. The fourth-order valence-corrected chi connectivity index (χ4v) is 1.92. The topological polar surface area (TPSA) is 74.2 Å². The van der Waals surface area contributed by atoms with E-state index >= 15 is 0 Å². The molecule has 2 N–H and O–H groups in total. The van der Waals surface area contributed by atoms with Crippen molar-refractivity contribution in [3.8, 4) is 11.5 Å². The van der Waals surface area contributed by atoms with Gasteiger partial charge in [0.2, 0.25) is 5.82 Å². The second-order valence-electron chi connectivity index (χ2n) is 4.75. The Morgan fingerprint density at radius 1 is 1.42 bits per heavy atom. The largest absolute Gasteiger partial charge is 0.398 e. The first kappa shape index (κ1) is 13.5.